The van der Waals surface area contributed by atoms with E-state index < -0.39 is 37.6 Å². The van der Waals surface area contributed by atoms with Gasteiger partial charge in [0.2, 0.25) is 10.0 Å². The third kappa shape index (κ3) is 4.69. The van der Waals surface area contributed by atoms with Crippen molar-refractivity contribution in [2.24, 2.45) is 0 Å². The largest absolute Gasteiger partial charge is 0.416 e. The number of hydrogen-bond acceptors (Lipinski definition) is 4. The number of hydrogen-bond donors (Lipinski definition) is 0. The molecule has 0 amide bonds. The van der Waals surface area contributed by atoms with Crippen LogP contribution in [0.3, 0.4) is 0 Å². The summed E-state index contributed by atoms with van der Waals surface area (Å²) in [7, 11) is -6.11. The van der Waals surface area contributed by atoms with Crippen LogP contribution in [0.1, 0.15) is 24.1 Å². The maximum atomic E-state index is 12.7. The summed E-state index contributed by atoms with van der Waals surface area (Å²) in [6.07, 6.45) is -3.49. The van der Waals surface area contributed by atoms with Crippen LogP contribution in [0.2, 0.25) is 0 Å². The molecule has 0 saturated heterocycles. The highest BCUT2D eigenvalue weighted by molar-refractivity contribution is 7.90. The van der Waals surface area contributed by atoms with Gasteiger partial charge in [-0.1, -0.05) is 12.1 Å². The van der Waals surface area contributed by atoms with Crippen LogP contribution in [0.25, 0.3) is 0 Å². The topological polar surface area (TPSA) is 71.5 Å². The van der Waals surface area contributed by atoms with Gasteiger partial charge in [-0.3, -0.25) is 0 Å². The molecule has 0 saturated carbocycles. The molecule has 2 aromatic rings. The molecule has 0 unspecified atom stereocenters. The molecule has 27 heavy (non-hydrogen) atoms. The first-order valence-corrected chi connectivity index (χ1v) is 11.0. The molecule has 148 valence electrons. The minimum Gasteiger partial charge on any atom is -0.224 e. The van der Waals surface area contributed by atoms with Gasteiger partial charge in [-0.25, -0.2) is 16.8 Å². The number of alkyl halides is 3. The highest BCUT2D eigenvalue weighted by Crippen LogP contribution is 2.31. The van der Waals surface area contributed by atoms with E-state index >= 15 is 0 Å². The Bertz CT molecular complexity index is 1010. The molecule has 0 aliphatic rings. The molecule has 10 heteroatoms. The lowest BCUT2D eigenvalue weighted by atomic mass is 10.1. The van der Waals surface area contributed by atoms with Gasteiger partial charge in [0, 0.05) is 19.3 Å². The number of nitrogens with zero attached hydrogens (tertiary/aromatic N) is 1. The number of halogens is 3. The maximum absolute atomic E-state index is 12.7. The lowest BCUT2D eigenvalue weighted by Gasteiger charge is -2.25. The van der Waals surface area contributed by atoms with Crippen molar-refractivity contribution < 1.29 is 30.0 Å². The van der Waals surface area contributed by atoms with E-state index in [0.717, 1.165) is 22.7 Å². The van der Waals surface area contributed by atoms with Gasteiger partial charge < -0.3 is 0 Å². The Morgan fingerprint density at radius 1 is 0.852 bits per heavy atom. The molecule has 0 aromatic heterocycles. The van der Waals surface area contributed by atoms with Crippen molar-refractivity contribution >= 4 is 19.9 Å². The molecule has 2 rings (SSSR count). The van der Waals surface area contributed by atoms with Crippen molar-refractivity contribution in [2.45, 2.75) is 28.9 Å². The van der Waals surface area contributed by atoms with Gasteiger partial charge in [0.05, 0.1) is 15.4 Å². The smallest absolute Gasteiger partial charge is 0.224 e. The standard InChI is InChI=1S/C17H18F3NO4S2/c1-12(13-4-8-15(9-5-13)26(3,22)23)21(2)27(24,25)16-10-6-14(7-11-16)17(18,19)20/h4-12H,1-3H3/t12-/m1/s1. The Labute approximate surface area is 156 Å². The molecule has 2 aromatic carbocycles. The minimum atomic E-state index is -4.55. The van der Waals surface area contributed by atoms with Crippen LogP contribution >= 0.6 is 0 Å². The third-order valence-corrected chi connectivity index (χ3v) is 7.27. The summed E-state index contributed by atoms with van der Waals surface area (Å²) < 4.78 is 87.3. The first-order valence-electron chi connectivity index (χ1n) is 7.70. The molecule has 0 heterocycles. The van der Waals surface area contributed by atoms with Crippen LogP contribution < -0.4 is 0 Å². The monoisotopic (exact) mass is 421 g/mol. The molecule has 0 N–H and O–H groups in total. The second kappa shape index (κ2) is 7.25. The van der Waals surface area contributed by atoms with Crippen molar-refractivity contribution in [3.63, 3.8) is 0 Å². The van der Waals surface area contributed by atoms with Crippen LogP contribution in [-0.2, 0) is 26.0 Å². The maximum Gasteiger partial charge on any atom is 0.416 e. The van der Waals surface area contributed by atoms with E-state index in [2.05, 4.69) is 0 Å². The van der Waals surface area contributed by atoms with Crippen molar-refractivity contribution in [2.75, 3.05) is 13.3 Å². The van der Waals surface area contributed by atoms with Crippen molar-refractivity contribution in [1.82, 2.24) is 4.31 Å². The minimum absolute atomic E-state index is 0.103. The van der Waals surface area contributed by atoms with E-state index in [1.807, 2.05) is 0 Å². The molecule has 0 bridgehead atoms. The fourth-order valence-corrected chi connectivity index (χ4v) is 4.37. The number of benzene rings is 2. The zero-order valence-corrected chi connectivity index (χ0v) is 16.4. The summed E-state index contributed by atoms with van der Waals surface area (Å²) in [5.41, 5.74) is -0.395. The number of rotatable bonds is 5. The van der Waals surface area contributed by atoms with Gasteiger partial charge in [0.25, 0.3) is 0 Å². The van der Waals surface area contributed by atoms with Gasteiger partial charge in [-0.15, -0.1) is 0 Å². The van der Waals surface area contributed by atoms with E-state index in [0.29, 0.717) is 17.7 Å². The Morgan fingerprint density at radius 2 is 1.30 bits per heavy atom. The fourth-order valence-electron chi connectivity index (χ4n) is 2.39. The van der Waals surface area contributed by atoms with E-state index in [9.17, 15) is 30.0 Å². The average molecular weight is 421 g/mol. The van der Waals surface area contributed by atoms with Crippen LogP contribution in [0, 0.1) is 0 Å². The van der Waals surface area contributed by atoms with Crippen molar-refractivity contribution in [3.05, 3.63) is 59.7 Å². The molecule has 0 spiro atoms. The van der Waals surface area contributed by atoms with Gasteiger partial charge in [0.15, 0.2) is 9.84 Å². The number of sulfonamides is 1. The van der Waals surface area contributed by atoms with Crippen LogP contribution in [-0.4, -0.2) is 34.4 Å². The summed E-state index contributed by atoms with van der Waals surface area (Å²) in [6, 6.07) is 8.34. The first kappa shape index (κ1) is 21.4. The molecule has 0 aliphatic carbocycles. The molecule has 0 aliphatic heterocycles. The molecule has 1 atom stereocenters. The third-order valence-electron chi connectivity index (χ3n) is 4.19. The lowest BCUT2D eigenvalue weighted by molar-refractivity contribution is -0.137. The Kier molecular flexibility index (Phi) is 5.74. The SMILES string of the molecule is C[C@H](c1ccc(S(C)(=O)=O)cc1)N(C)S(=O)(=O)c1ccc(C(F)(F)F)cc1. The van der Waals surface area contributed by atoms with Gasteiger partial charge >= 0.3 is 6.18 Å². The summed E-state index contributed by atoms with van der Waals surface area (Å²) in [4.78, 5) is -0.163. The normalized spacial score (nSPS) is 14.3. The first-order chi connectivity index (χ1) is 12.2. The highest BCUT2D eigenvalue weighted by Gasteiger charge is 2.32. The van der Waals surface area contributed by atoms with E-state index in [1.54, 1.807) is 6.92 Å². The zero-order chi connectivity index (χ0) is 20.6. The lowest BCUT2D eigenvalue weighted by Crippen LogP contribution is -2.29. The predicted molar refractivity (Wildman–Crippen MR) is 94.4 cm³/mol. The molecule has 0 radical (unpaired) electrons. The van der Waals surface area contributed by atoms with Crippen LogP contribution in [0.15, 0.2) is 58.3 Å². The van der Waals surface area contributed by atoms with E-state index in [1.165, 1.54) is 31.3 Å². The predicted octanol–water partition coefficient (Wildman–Crippen LogP) is 3.49. The highest BCUT2D eigenvalue weighted by atomic mass is 32.2. The van der Waals surface area contributed by atoms with E-state index in [-0.39, 0.29) is 9.79 Å². The van der Waals surface area contributed by atoms with Crippen molar-refractivity contribution in [3.8, 4) is 0 Å². The zero-order valence-electron chi connectivity index (χ0n) is 14.7. The summed E-state index contributed by atoms with van der Waals surface area (Å²) in [5.74, 6) is 0. The average Bonchev–Trinajstić information content (AvgIpc) is 2.59. The Morgan fingerprint density at radius 3 is 1.70 bits per heavy atom. The van der Waals surface area contributed by atoms with E-state index in [4.69, 9.17) is 0 Å². The van der Waals surface area contributed by atoms with Crippen LogP contribution in [0.5, 0.6) is 0 Å². The van der Waals surface area contributed by atoms with Crippen molar-refractivity contribution in [1.29, 1.82) is 0 Å². The Hall–Kier alpha value is -1.91. The second-order valence-electron chi connectivity index (χ2n) is 6.06. The molecular weight excluding hydrogens is 403 g/mol. The molecule has 5 nitrogen and oxygen atoms in total. The number of sulfone groups is 1. The summed E-state index contributed by atoms with van der Waals surface area (Å²) in [5, 5.41) is 0. The fraction of sp³-hybridized carbons (Fsp3) is 0.294. The van der Waals surface area contributed by atoms with Gasteiger partial charge in [-0.2, -0.15) is 17.5 Å². The molecule has 0 fully saturated rings. The summed E-state index contributed by atoms with van der Waals surface area (Å²) >= 11 is 0. The quantitative estimate of drug-likeness (QED) is 0.741. The van der Waals surface area contributed by atoms with Gasteiger partial charge in [-0.05, 0) is 48.9 Å². The summed E-state index contributed by atoms with van der Waals surface area (Å²) in [6.45, 7) is 1.59. The van der Waals surface area contributed by atoms with Crippen LogP contribution in [0.4, 0.5) is 13.2 Å². The van der Waals surface area contributed by atoms with Gasteiger partial charge in [0.1, 0.15) is 0 Å². The molecular formula is C17H18F3NO4S2. The Balaban J connectivity index is 2.30. The second-order valence-corrected chi connectivity index (χ2v) is 10.1.